The number of ether oxygens (including phenoxy) is 1. The summed E-state index contributed by atoms with van der Waals surface area (Å²) in [6, 6.07) is 7.83. The normalized spacial score (nSPS) is 15.2. The van der Waals surface area contributed by atoms with E-state index in [0.29, 0.717) is 29.3 Å². The maximum Gasteiger partial charge on any atom is 0.219 e. The van der Waals surface area contributed by atoms with Gasteiger partial charge >= 0.3 is 0 Å². The highest BCUT2D eigenvalue weighted by atomic mass is 35.5. The zero-order valence-corrected chi connectivity index (χ0v) is 15.7. The molecule has 1 aromatic rings. The van der Waals surface area contributed by atoms with Crippen molar-refractivity contribution >= 4 is 40.5 Å². The molecule has 0 bridgehead atoms. The molecule has 0 aliphatic carbocycles. The number of thiocarbonyl (C=S) groups is 1. The molecule has 7 heteroatoms. The molecular formula is C17H24ClN3O2S. The number of rotatable bonds is 5. The first-order valence-corrected chi connectivity index (χ1v) is 8.88. The Balaban J connectivity index is 2.03. The van der Waals surface area contributed by atoms with Crippen molar-refractivity contribution in [2.75, 3.05) is 38.7 Å². The SMILES string of the molecule is COCCN(C(=S)Nc1ccccc1Cl)C1CCN(C(C)=O)CC1. The summed E-state index contributed by atoms with van der Waals surface area (Å²) in [7, 11) is 1.68. The quantitative estimate of drug-likeness (QED) is 0.808. The lowest BCUT2D eigenvalue weighted by Gasteiger charge is -2.39. The number of amides is 1. The molecule has 1 heterocycles. The van der Waals surface area contributed by atoms with E-state index in [1.54, 1.807) is 14.0 Å². The summed E-state index contributed by atoms with van der Waals surface area (Å²) in [5.74, 6) is 0.133. The van der Waals surface area contributed by atoms with E-state index < -0.39 is 0 Å². The number of piperidine rings is 1. The standard InChI is InChI=1S/C17H24ClN3O2S/c1-13(22)20-9-7-14(8-10-20)21(11-12-23-2)17(24)19-16-6-4-3-5-15(16)18/h3-6,14H,7-12H2,1-2H3,(H,19,24). The fourth-order valence-electron chi connectivity index (χ4n) is 2.88. The van der Waals surface area contributed by atoms with Crippen LogP contribution in [0, 0.1) is 0 Å². The molecule has 1 amide bonds. The maximum absolute atomic E-state index is 11.5. The average Bonchev–Trinajstić information content (AvgIpc) is 2.58. The van der Waals surface area contributed by atoms with Crippen LogP contribution in [0.15, 0.2) is 24.3 Å². The van der Waals surface area contributed by atoms with Gasteiger partial charge in [-0.1, -0.05) is 23.7 Å². The molecule has 2 rings (SSSR count). The Morgan fingerprint density at radius 2 is 2.08 bits per heavy atom. The van der Waals surface area contributed by atoms with Crippen LogP contribution in [0.2, 0.25) is 5.02 Å². The van der Waals surface area contributed by atoms with Gasteiger partial charge in [-0.05, 0) is 37.2 Å². The number of nitrogens with one attached hydrogen (secondary N) is 1. The fraction of sp³-hybridized carbons (Fsp3) is 0.529. The third-order valence-corrected chi connectivity index (χ3v) is 4.93. The molecular weight excluding hydrogens is 346 g/mol. The highest BCUT2D eigenvalue weighted by Crippen LogP contribution is 2.23. The van der Waals surface area contributed by atoms with Crippen LogP contribution in [-0.4, -0.2) is 60.2 Å². The van der Waals surface area contributed by atoms with E-state index >= 15 is 0 Å². The Kier molecular flexibility index (Phi) is 7.27. The van der Waals surface area contributed by atoms with Crippen molar-refractivity contribution in [2.24, 2.45) is 0 Å². The van der Waals surface area contributed by atoms with E-state index in [2.05, 4.69) is 10.2 Å². The monoisotopic (exact) mass is 369 g/mol. The minimum absolute atomic E-state index is 0.133. The van der Waals surface area contributed by atoms with Gasteiger partial charge in [-0.2, -0.15) is 0 Å². The molecule has 1 fully saturated rings. The van der Waals surface area contributed by atoms with Gasteiger partial charge in [-0.3, -0.25) is 4.79 Å². The van der Waals surface area contributed by atoms with E-state index in [9.17, 15) is 4.79 Å². The van der Waals surface area contributed by atoms with Crippen molar-refractivity contribution in [2.45, 2.75) is 25.8 Å². The van der Waals surface area contributed by atoms with Crippen molar-refractivity contribution in [3.8, 4) is 0 Å². The van der Waals surface area contributed by atoms with E-state index in [0.717, 1.165) is 31.6 Å². The summed E-state index contributed by atoms with van der Waals surface area (Å²) in [5.41, 5.74) is 0.799. The topological polar surface area (TPSA) is 44.8 Å². The highest BCUT2D eigenvalue weighted by molar-refractivity contribution is 7.80. The van der Waals surface area contributed by atoms with Gasteiger partial charge < -0.3 is 19.9 Å². The lowest BCUT2D eigenvalue weighted by molar-refractivity contribution is -0.130. The molecule has 0 radical (unpaired) electrons. The Morgan fingerprint density at radius 3 is 2.67 bits per heavy atom. The lowest BCUT2D eigenvalue weighted by Crippen LogP contribution is -2.50. The molecule has 0 spiro atoms. The summed E-state index contributed by atoms with van der Waals surface area (Å²) >= 11 is 11.8. The second kappa shape index (κ2) is 9.20. The number of benzene rings is 1. The van der Waals surface area contributed by atoms with Crippen LogP contribution in [0.3, 0.4) is 0 Å². The molecule has 1 N–H and O–H groups in total. The van der Waals surface area contributed by atoms with Gasteiger partial charge in [-0.15, -0.1) is 0 Å². The van der Waals surface area contributed by atoms with Gasteiger partial charge in [0, 0.05) is 39.7 Å². The predicted octanol–water partition coefficient (Wildman–Crippen LogP) is 3.00. The van der Waals surface area contributed by atoms with Crippen LogP contribution >= 0.6 is 23.8 Å². The van der Waals surface area contributed by atoms with E-state index in [1.807, 2.05) is 29.2 Å². The number of halogens is 1. The van der Waals surface area contributed by atoms with Crippen molar-refractivity contribution in [1.29, 1.82) is 0 Å². The molecule has 1 saturated heterocycles. The Morgan fingerprint density at radius 1 is 1.42 bits per heavy atom. The van der Waals surface area contributed by atoms with Crippen molar-refractivity contribution in [1.82, 2.24) is 9.80 Å². The molecule has 24 heavy (non-hydrogen) atoms. The summed E-state index contributed by atoms with van der Waals surface area (Å²) in [5, 5.41) is 4.52. The number of likely N-dealkylation sites (tertiary alicyclic amines) is 1. The number of para-hydroxylation sites is 1. The maximum atomic E-state index is 11.5. The van der Waals surface area contributed by atoms with Crippen molar-refractivity contribution in [3.63, 3.8) is 0 Å². The Labute approximate surface area is 153 Å². The number of methoxy groups -OCH3 is 1. The largest absolute Gasteiger partial charge is 0.383 e. The van der Waals surface area contributed by atoms with Gasteiger partial charge in [0.05, 0.1) is 17.3 Å². The molecule has 1 aliphatic heterocycles. The number of carbonyl (C=O) groups excluding carboxylic acids is 1. The van der Waals surface area contributed by atoms with Crippen LogP contribution in [0.5, 0.6) is 0 Å². The zero-order chi connectivity index (χ0) is 17.5. The molecule has 132 valence electrons. The summed E-state index contributed by atoms with van der Waals surface area (Å²) in [6.07, 6.45) is 1.79. The van der Waals surface area contributed by atoms with Crippen molar-refractivity contribution < 1.29 is 9.53 Å². The summed E-state index contributed by atoms with van der Waals surface area (Å²) < 4.78 is 5.23. The number of carbonyl (C=O) groups is 1. The van der Waals surface area contributed by atoms with Crippen LogP contribution in [0.25, 0.3) is 0 Å². The van der Waals surface area contributed by atoms with E-state index in [1.165, 1.54) is 0 Å². The van der Waals surface area contributed by atoms with Gasteiger partial charge in [-0.25, -0.2) is 0 Å². The zero-order valence-electron chi connectivity index (χ0n) is 14.1. The average molecular weight is 370 g/mol. The van der Waals surface area contributed by atoms with Gasteiger partial charge in [0.2, 0.25) is 5.91 Å². The smallest absolute Gasteiger partial charge is 0.219 e. The third-order valence-electron chi connectivity index (χ3n) is 4.26. The Hall–Kier alpha value is -1.37. The van der Waals surface area contributed by atoms with Gasteiger partial charge in [0.1, 0.15) is 0 Å². The van der Waals surface area contributed by atoms with Crippen LogP contribution in [0.1, 0.15) is 19.8 Å². The molecule has 0 saturated carbocycles. The van der Waals surface area contributed by atoms with Crippen LogP contribution in [-0.2, 0) is 9.53 Å². The molecule has 0 unspecified atom stereocenters. The van der Waals surface area contributed by atoms with Crippen LogP contribution < -0.4 is 5.32 Å². The summed E-state index contributed by atoms with van der Waals surface area (Å²) in [6.45, 7) is 4.44. The van der Waals surface area contributed by atoms with E-state index in [4.69, 9.17) is 28.6 Å². The predicted molar refractivity (Wildman–Crippen MR) is 102 cm³/mol. The molecule has 0 atom stereocenters. The molecule has 0 aromatic heterocycles. The first-order chi connectivity index (χ1) is 11.5. The lowest BCUT2D eigenvalue weighted by atomic mass is 10.0. The van der Waals surface area contributed by atoms with E-state index in [-0.39, 0.29) is 5.91 Å². The first-order valence-electron chi connectivity index (χ1n) is 8.09. The summed E-state index contributed by atoms with van der Waals surface area (Å²) in [4.78, 5) is 15.5. The number of nitrogens with zero attached hydrogens (tertiary/aromatic N) is 2. The molecule has 1 aliphatic rings. The first kappa shape index (κ1) is 19.0. The molecule has 5 nitrogen and oxygen atoms in total. The number of hydrogen-bond donors (Lipinski definition) is 1. The minimum atomic E-state index is 0.133. The fourth-order valence-corrected chi connectivity index (χ4v) is 3.41. The van der Waals surface area contributed by atoms with Gasteiger partial charge in [0.15, 0.2) is 5.11 Å². The highest BCUT2D eigenvalue weighted by Gasteiger charge is 2.27. The molecule has 1 aromatic carbocycles. The minimum Gasteiger partial charge on any atom is -0.383 e. The number of hydrogen-bond acceptors (Lipinski definition) is 3. The third kappa shape index (κ3) is 5.06. The Bertz CT molecular complexity index is 577. The second-order valence-electron chi connectivity index (χ2n) is 5.83. The second-order valence-corrected chi connectivity index (χ2v) is 6.63. The van der Waals surface area contributed by atoms with Gasteiger partial charge in [0.25, 0.3) is 0 Å². The van der Waals surface area contributed by atoms with Crippen LogP contribution in [0.4, 0.5) is 5.69 Å². The van der Waals surface area contributed by atoms with Crippen molar-refractivity contribution in [3.05, 3.63) is 29.3 Å². The number of anilines is 1.